The molecule has 5 heterocycles. The number of allylic oxidation sites excluding steroid dienone is 3. The third-order valence-electron chi connectivity index (χ3n) is 8.47. The molecule has 0 radical (unpaired) electrons. The molecular weight excluding hydrogens is 362 g/mol. The molecule has 0 spiro atoms. The lowest BCUT2D eigenvalue weighted by Crippen LogP contribution is -2.40. The summed E-state index contributed by atoms with van der Waals surface area (Å²) in [6, 6.07) is 0.723. The van der Waals surface area contributed by atoms with Crippen LogP contribution in [0.3, 0.4) is 0 Å². The van der Waals surface area contributed by atoms with E-state index in [-0.39, 0.29) is 0 Å². The summed E-state index contributed by atoms with van der Waals surface area (Å²) in [5.41, 5.74) is 3.49. The first-order valence-electron chi connectivity index (χ1n) is 11.8. The molecule has 1 N–H and O–H groups in total. The normalized spacial score (nSPS) is 48.9. The highest BCUT2D eigenvalue weighted by atomic mass is 32.2. The van der Waals surface area contributed by atoms with Crippen molar-refractivity contribution in [2.45, 2.75) is 56.2 Å². The van der Waals surface area contributed by atoms with E-state index in [0.29, 0.717) is 5.92 Å². The van der Waals surface area contributed by atoms with Gasteiger partial charge in [0.25, 0.3) is 0 Å². The first-order chi connectivity index (χ1) is 13.8. The molecule has 3 saturated heterocycles. The number of hydrogen-bond acceptors (Lipinski definition) is 3. The molecule has 7 rings (SSSR count). The van der Waals surface area contributed by atoms with Crippen molar-refractivity contribution in [3.63, 3.8) is 0 Å². The molecule has 152 valence electrons. The molecule has 0 aromatic carbocycles. The van der Waals surface area contributed by atoms with Gasteiger partial charge in [0, 0.05) is 29.6 Å². The predicted octanol–water partition coefficient (Wildman–Crippen LogP) is 4.98. The zero-order chi connectivity index (χ0) is 18.5. The topological polar surface area (TPSA) is 21.3 Å². The Morgan fingerprint density at radius 3 is 2.82 bits per heavy atom. The molecule has 28 heavy (non-hydrogen) atoms. The second kappa shape index (κ2) is 7.63. The summed E-state index contributed by atoms with van der Waals surface area (Å²) in [7, 11) is 0. The summed E-state index contributed by atoms with van der Waals surface area (Å²) in [5.74, 6) is 6.38. The van der Waals surface area contributed by atoms with Crippen molar-refractivity contribution in [1.82, 2.24) is 5.32 Å². The lowest BCUT2D eigenvalue weighted by atomic mass is 9.68. The average molecular weight is 398 g/mol. The smallest absolute Gasteiger partial charge is 0.0529 e. The van der Waals surface area contributed by atoms with Crippen LogP contribution in [0.5, 0.6) is 0 Å². The van der Waals surface area contributed by atoms with Crippen LogP contribution in [0.2, 0.25) is 0 Å². The fourth-order valence-corrected chi connectivity index (χ4v) is 8.74. The van der Waals surface area contributed by atoms with Crippen molar-refractivity contribution in [3.8, 4) is 0 Å². The van der Waals surface area contributed by atoms with Gasteiger partial charge in [-0.05, 0) is 92.2 Å². The van der Waals surface area contributed by atoms with Crippen LogP contribution < -0.4 is 5.32 Å². The summed E-state index contributed by atoms with van der Waals surface area (Å²) < 4.78 is 5.81. The monoisotopic (exact) mass is 397 g/mol. The Balaban J connectivity index is 1.23. The lowest BCUT2D eigenvalue weighted by molar-refractivity contribution is 0.0242. The minimum atomic E-state index is 0.691. The zero-order valence-electron chi connectivity index (χ0n) is 17.0. The average Bonchev–Trinajstić information content (AvgIpc) is 2.85. The number of nitrogens with one attached hydrogen (secondary N) is 1. The molecule has 2 nitrogen and oxygen atoms in total. The first-order valence-corrected chi connectivity index (χ1v) is 12.9. The van der Waals surface area contributed by atoms with Crippen LogP contribution in [-0.4, -0.2) is 36.8 Å². The van der Waals surface area contributed by atoms with Crippen molar-refractivity contribution >= 4 is 11.8 Å². The predicted molar refractivity (Wildman–Crippen MR) is 117 cm³/mol. The van der Waals surface area contributed by atoms with E-state index in [1.807, 2.05) is 0 Å². The first kappa shape index (κ1) is 18.3. The van der Waals surface area contributed by atoms with E-state index in [1.54, 1.807) is 11.1 Å². The maximum Gasteiger partial charge on any atom is 0.0529 e. The van der Waals surface area contributed by atoms with Crippen LogP contribution in [0.15, 0.2) is 35.5 Å². The van der Waals surface area contributed by atoms with Gasteiger partial charge in [0.1, 0.15) is 0 Å². The lowest BCUT2D eigenvalue weighted by Gasteiger charge is -2.46. The summed E-state index contributed by atoms with van der Waals surface area (Å²) in [5, 5.41) is 4.66. The van der Waals surface area contributed by atoms with Gasteiger partial charge in [-0.25, -0.2) is 0 Å². The van der Waals surface area contributed by atoms with Crippen LogP contribution in [0.1, 0.15) is 44.9 Å². The van der Waals surface area contributed by atoms with E-state index in [1.165, 1.54) is 57.2 Å². The van der Waals surface area contributed by atoms with Crippen molar-refractivity contribution in [1.29, 1.82) is 0 Å². The fraction of sp³-hybridized carbons (Fsp3) is 0.760. The van der Waals surface area contributed by atoms with Gasteiger partial charge in [0.2, 0.25) is 0 Å². The van der Waals surface area contributed by atoms with Crippen LogP contribution in [-0.2, 0) is 4.74 Å². The standard InChI is InChI=1S/C25H35NOS/c1-2-4-22-9-20(6-16(3-1)12-26-22)24-10-21-15-28-25(24)11-23(21)19-7-17-5-18(8-19)14-27-13-17/h1-2,7,11,16-18,20-22,24-26H,3-6,8-10,12-15H2/b2-1-. The fourth-order valence-electron chi connectivity index (χ4n) is 7.15. The summed E-state index contributed by atoms with van der Waals surface area (Å²) in [6.45, 7) is 3.21. The molecule has 8 unspecified atom stereocenters. The molecule has 0 aromatic rings. The second-order valence-corrected chi connectivity index (χ2v) is 11.7. The van der Waals surface area contributed by atoms with Crippen molar-refractivity contribution in [3.05, 3.63) is 35.5 Å². The van der Waals surface area contributed by atoms with Gasteiger partial charge in [0.05, 0.1) is 6.61 Å². The van der Waals surface area contributed by atoms with Gasteiger partial charge in [-0.1, -0.05) is 24.3 Å². The molecule has 0 aromatic heterocycles. The maximum atomic E-state index is 5.81. The van der Waals surface area contributed by atoms with Gasteiger partial charge in [0.15, 0.2) is 0 Å². The van der Waals surface area contributed by atoms with E-state index in [0.717, 1.165) is 54.1 Å². The quantitative estimate of drug-likeness (QED) is 0.664. The largest absolute Gasteiger partial charge is 0.381 e. The van der Waals surface area contributed by atoms with Gasteiger partial charge in [-0.15, -0.1) is 0 Å². The minimum absolute atomic E-state index is 0.691. The molecule has 0 amide bonds. The van der Waals surface area contributed by atoms with E-state index < -0.39 is 0 Å². The molecule has 3 heteroatoms. The minimum Gasteiger partial charge on any atom is -0.381 e. The van der Waals surface area contributed by atoms with E-state index in [4.69, 9.17) is 4.74 Å². The maximum absolute atomic E-state index is 5.81. The van der Waals surface area contributed by atoms with Crippen molar-refractivity contribution < 1.29 is 4.74 Å². The Labute approximate surface area is 174 Å². The van der Waals surface area contributed by atoms with Gasteiger partial charge in [-0.3, -0.25) is 0 Å². The second-order valence-electron chi connectivity index (χ2n) is 10.5. The number of fused-ring (bicyclic) bond motifs is 7. The summed E-state index contributed by atoms with van der Waals surface area (Å²) >= 11 is 2.28. The Morgan fingerprint density at radius 2 is 1.93 bits per heavy atom. The highest BCUT2D eigenvalue weighted by Gasteiger charge is 2.43. The van der Waals surface area contributed by atoms with Crippen LogP contribution in [0.4, 0.5) is 0 Å². The number of hydrogen-bond donors (Lipinski definition) is 1. The molecule has 8 atom stereocenters. The van der Waals surface area contributed by atoms with E-state index in [2.05, 4.69) is 41.4 Å². The summed E-state index contributed by atoms with van der Waals surface area (Å²) in [6.07, 6.45) is 19.8. The SMILES string of the molecule is C1=C(C2=CC3SCC2CC3C2CC3C/C=C\CC(C2)NC3)CC2COCC1C2. The van der Waals surface area contributed by atoms with Crippen LogP contribution in [0.25, 0.3) is 0 Å². The van der Waals surface area contributed by atoms with E-state index >= 15 is 0 Å². The molecule has 3 fully saturated rings. The van der Waals surface area contributed by atoms with Crippen molar-refractivity contribution in [2.24, 2.45) is 35.5 Å². The highest BCUT2D eigenvalue weighted by molar-refractivity contribution is 8.00. The zero-order valence-corrected chi connectivity index (χ0v) is 17.8. The number of thioether (sulfide) groups is 1. The number of rotatable bonds is 2. The highest BCUT2D eigenvalue weighted by Crippen LogP contribution is 2.52. The van der Waals surface area contributed by atoms with Gasteiger partial charge >= 0.3 is 0 Å². The molecule has 7 aliphatic rings. The number of ether oxygens (including phenoxy) is 1. The Bertz CT molecular complexity index is 679. The van der Waals surface area contributed by atoms with Crippen molar-refractivity contribution in [2.75, 3.05) is 25.5 Å². The molecule has 5 aliphatic heterocycles. The van der Waals surface area contributed by atoms with Gasteiger partial charge < -0.3 is 10.1 Å². The van der Waals surface area contributed by atoms with Crippen LogP contribution in [0, 0.1) is 35.5 Å². The molecule has 0 saturated carbocycles. The van der Waals surface area contributed by atoms with Crippen LogP contribution >= 0.6 is 11.8 Å². The molecule has 2 aliphatic carbocycles. The third kappa shape index (κ3) is 3.46. The van der Waals surface area contributed by atoms with E-state index in [9.17, 15) is 0 Å². The Kier molecular flexibility index (Phi) is 4.98. The molecular formula is C25H35NOS. The summed E-state index contributed by atoms with van der Waals surface area (Å²) in [4.78, 5) is 0. The third-order valence-corrected chi connectivity index (χ3v) is 9.94. The Hall–Kier alpha value is -0.510. The van der Waals surface area contributed by atoms with Gasteiger partial charge in [-0.2, -0.15) is 11.8 Å². The molecule has 6 bridgehead atoms. The Morgan fingerprint density at radius 1 is 0.964 bits per heavy atom.